The lowest BCUT2D eigenvalue weighted by Crippen LogP contribution is -2.36. The molecule has 0 bridgehead atoms. The number of hydrogen-bond acceptors (Lipinski definition) is 2. The van der Waals surface area contributed by atoms with E-state index in [1.54, 1.807) is 0 Å². The Kier molecular flexibility index (Phi) is 4.08. The number of hydrogen-bond donors (Lipinski definition) is 0. The quantitative estimate of drug-likeness (QED) is 0.814. The zero-order chi connectivity index (χ0) is 12.4. The van der Waals surface area contributed by atoms with Crippen LogP contribution in [0.1, 0.15) is 38.2 Å². The lowest BCUT2D eigenvalue weighted by atomic mass is 9.86. The van der Waals surface area contributed by atoms with E-state index in [0.717, 1.165) is 16.2 Å². The Hall–Kier alpha value is -0.570. The number of anilines is 1. The fraction of sp³-hybridized carbons (Fsp3) is 0.643. The molecule has 2 atom stereocenters. The van der Waals surface area contributed by atoms with Crippen LogP contribution in [0.3, 0.4) is 0 Å². The maximum atomic E-state index is 4.56. The van der Waals surface area contributed by atoms with Gasteiger partial charge >= 0.3 is 0 Å². The van der Waals surface area contributed by atoms with Crippen LogP contribution < -0.4 is 4.90 Å². The van der Waals surface area contributed by atoms with Crippen molar-refractivity contribution in [3.8, 4) is 0 Å². The largest absolute Gasteiger partial charge is 0.356 e. The van der Waals surface area contributed by atoms with Gasteiger partial charge < -0.3 is 4.90 Å². The van der Waals surface area contributed by atoms with Crippen LogP contribution in [0.5, 0.6) is 0 Å². The Morgan fingerprint density at radius 2 is 2.18 bits per heavy atom. The normalized spacial score (nSPS) is 24.7. The second-order valence-corrected chi connectivity index (χ2v) is 6.21. The van der Waals surface area contributed by atoms with E-state index in [0.29, 0.717) is 6.04 Å². The standard InChI is InChI=1S/C14H21BrN2/c1-10-5-4-6-12(7-10)17(3)14-13(15)8-11(2)9-16-14/h8-10,12H,4-7H2,1-3H3. The van der Waals surface area contributed by atoms with Crippen LogP contribution in [-0.4, -0.2) is 18.1 Å². The third-order valence-corrected chi connectivity index (χ3v) is 4.33. The molecule has 0 amide bonds. The summed E-state index contributed by atoms with van der Waals surface area (Å²) >= 11 is 3.63. The van der Waals surface area contributed by atoms with Gasteiger partial charge in [0.15, 0.2) is 0 Å². The maximum Gasteiger partial charge on any atom is 0.142 e. The van der Waals surface area contributed by atoms with Crippen molar-refractivity contribution in [1.82, 2.24) is 4.98 Å². The van der Waals surface area contributed by atoms with Crippen molar-refractivity contribution in [2.24, 2.45) is 5.92 Å². The Morgan fingerprint density at radius 3 is 2.82 bits per heavy atom. The Labute approximate surface area is 113 Å². The fourth-order valence-electron chi connectivity index (χ4n) is 2.71. The highest BCUT2D eigenvalue weighted by Gasteiger charge is 2.24. The highest BCUT2D eigenvalue weighted by atomic mass is 79.9. The molecule has 0 aromatic carbocycles. The minimum atomic E-state index is 0.644. The van der Waals surface area contributed by atoms with Crippen LogP contribution in [0.15, 0.2) is 16.7 Å². The molecule has 94 valence electrons. The van der Waals surface area contributed by atoms with Crippen molar-refractivity contribution in [3.05, 3.63) is 22.3 Å². The molecule has 1 fully saturated rings. The van der Waals surface area contributed by atoms with Gasteiger partial charge in [0.1, 0.15) is 5.82 Å². The van der Waals surface area contributed by atoms with E-state index in [4.69, 9.17) is 0 Å². The zero-order valence-corrected chi connectivity index (χ0v) is 12.5. The zero-order valence-electron chi connectivity index (χ0n) is 10.9. The monoisotopic (exact) mass is 296 g/mol. The summed E-state index contributed by atoms with van der Waals surface area (Å²) in [6.45, 7) is 4.43. The third kappa shape index (κ3) is 3.01. The second-order valence-electron chi connectivity index (χ2n) is 5.35. The minimum absolute atomic E-state index is 0.644. The van der Waals surface area contributed by atoms with Gasteiger partial charge in [-0.1, -0.05) is 19.8 Å². The van der Waals surface area contributed by atoms with Crippen molar-refractivity contribution < 1.29 is 0 Å². The van der Waals surface area contributed by atoms with Gasteiger partial charge in [-0.3, -0.25) is 0 Å². The molecule has 1 saturated carbocycles. The van der Waals surface area contributed by atoms with Gasteiger partial charge in [0.25, 0.3) is 0 Å². The van der Waals surface area contributed by atoms with Gasteiger partial charge in [0.2, 0.25) is 0 Å². The number of halogens is 1. The molecule has 1 aliphatic rings. The number of aromatic nitrogens is 1. The summed E-state index contributed by atoms with van der Waals surface area (Å²) in [6, 6.07) is 2.79. The van der Waals surface area contributed by atoms with Crippen LogP contribution in [0.25, 0.3) is 0 Å². The molecule has 1 aliphatic carbocycles. The number of aryl methyl sites for hydroxylation is 1. The first kappa shape index (κ1) is 12.9. The summed E-state index contributed by atoms with van der Waals surface area (Å²) in [5.74, 6) is 1.93. The van der Waals surface area contributed by atoms with Crippen molar-refractivity contribution >= 4 is 21.7 Å². The molecule has 17 heavy (non-hydrogen) atoms. The number of rotatable bonds is 2. The summed E-state index contributed by atoms with van der Waals surface area (Å²) in [4.78, 5) is 6.90. The first-order valence-corrected chi connectivity index (χ1v) is 7.22. The van der Waals surface area contributed by atoms with E-state index in [-0.39, 0.29) is 0 Å². The molecule has 2 rings (SSSR count). The molecular formula is C14H21BrN2. The molecule has 0 N–H and O–H groups in total. The maximum absolute atomic E-state index is 4.56. The van der Waals surface area contributed by atoms with E-state index < -0.39 is 0 Å². The van der Waals surface area contributed by atoms with Gasteiger partial charge in [-0.2, -0.15) is 0 Å². The predicted molar refractivity (Wildman–Crippen MR) is 76.5 cm³/mol. The molecular weight excluding hydrogens is 276 g/mol. The van der Waals surface area contributed by atoms with Gasteiger partial charge in [-0.15, -0.1) is 0 Å². The Bertz CT molecular complexity index is 392. The highest BCUT2D eigenvalue weighted by molar-refractivity contribution is 9.10. The lowest BCUT2D eigenvalue weighted by Gasteiger charge is -2.35. The van der Waals surface area contributed by atoms with Gasteiger partial charge in [0.05, 0.1) is 4.47 Å². The van der Waals surface area contributed by atoms with Crippen LogP contribution in [0, 0.1) is 12.8 Å². The molecule has 0 saturated heterocycles. The van der Waals surface area contributed by atoms with Crippen LogP contribution in [0.4, 0.5) is 5.82 Å². The van der Waals surface area contributed by atoms with E-state index in [9.17, 15) is 0 Å². The topological polar surface area (TPSA) is 16.1 Å². The van der Waals surface area contributed by atoms with E-state index in [1.807, 2.05) is 6.20 Å². The summed E-state index contributed by atoms with van der Waals surface area (Å²) in [5.41, 5.74) is 1.20. The van der Waals surface area contributed by atoms with Crippen molar-refractivity contribution in [3.63, 3.8) is 0 Å². The van der Waals surface area contributed by atoms with Gasteiger partial charge in [0, 0.05) is 19.3 Å². The molecule has 3 heteroatoms. The van der Waals surface area contributed by atoms with E-state index >= 15 is 0 Å². The van der Waals surface area contributed by atoms with Crippen LogP contribution >= 0.6 is 15.9 Å². The highest BCUT2D eigenvalue weighted by Crippen LogP contribution is 2.32. The first-order chi connectivity index (χ1) is 8.08. The van der Waals surface area contributed by atoms with E-state index in [1.165, 1.54) is 31.2 Å². The van der Waals surface area contributed by atoms with Gasteiger partial charge in [-0.25, -0.2) is 4.98 Å². The average molecular weight is 297 g/mol. The molecule has 1 heterocycles. The molecule has 2 nitrogen and oxygen atoms in total. The smallest absolute Gasteiger partial charge is 0.142 e. The second kappa shape index (κ2) is 5.38. The lowest BCUT2D eigenvalue weighted by molar-refractivity contribution is 0.335. The summed E-state index contributed by atoms with van der Waals surface area (Å²) in [7, 11) is 2.17. The Balaban J connectivity index is 2.15. The molecule has 1 aromatic rings. The predicted octanol–water partition coefficient (Wildman–Crippen LogP) is 4.17. The third-order valence-electron chi connectivity index (χ3n) is 3.75. The van der Waals surface area contributed by atoms with Crippen LogP contribution in [0.2, 0.25) is 0 Å². The molecule has 0 aliphatic heterocycles. The molecule has 1 aromatic heterocycles. The van der Waals surface area contributed by atoms with Crippen molar-refractivity contribution in [1.29, 1.82) is 0 Å². The number of nitrogens with zero attached hydrogens (tertiary/aromatic N) is 2. The first-order valence-electron chi connectivity index (χ1n) is 6.43. The van der Waals surface area contributed by atoms with Crippen molar-refractivity contribution in [2.75, 3.05) is 11.9 Å². The Morgan fingerprint density at radius 1 is 1.41 bits per heavy atom. The minimum Gasteiger partial charge on any atom is -0.356 e. The average Bonchev–Trinajstić information content (AvgIpc) is 2.28. The molecule has 2 unspecified atom stereocenters. The fourth-order valence-corrected chi connectivity index (χ4v) is 3.46. The van der Waals surface area contributed by atoms with Crippen LogP contribution in [-0.2, 0) is 0 Å². The van der Waals surface area contributed by atoms with Gasteiger partial charge in [-0.05, 0) is 53.2 Å². The summed E-state index contributed by atoms with van der Waals surface area (Å²) in [5, 5.41) is 0. The number of pyridine rings is 1. The SMILES string of the molecule is Cc1cnc(N(C)C2CCCC(C)C2)c(Br)c1. The summed E-state index contributed by atoms with van der Waals surface area (Å²) in [6.07, 6.45) is 7.26. The van der Waals surface area contributed by atoms with E-state index in [2.05, 4.69) is 52.8 Å². The van der Waals surface area contributed by atoms with Crippen molar-refractivity contribution in [2.45, 2.75) is 45.6 Å². The molecule has 0 spiro atoms. The molecule has 0 radical (unpaired) electrons. The summed E-state index contributed by atoms with van der Waals surface area (Å²) < 4.78 is 1.11.